The molecule has 176 valence electrons. The number of amides is 2. The number of ether oxygens (including phenoxy) is 2. The van der Waals surface area contributed by atoms with Crippen molar-refractivity contribution in [2.24, 2.45) is 0 Å². The predicted octanol–water partition coefficient (Wildman–Crippen LogP) is 2.11. The van der Waals surface area contributed by atoms with E-state index in [0.717, 1.165) is 0 Å². The topological polar surface area (TPSA) is 105 Å². The maximum Gasteiger partial charge on any atom is 0.244 e. The zero-order valence-corrected chi connectivity index (χ0v) is 19.2. The van der Waals surface area contributed by atoms with Crippen molar-refractivity contribution in [1.82, 2.24) is 9.21 Å². The van der Waals surface area contributed by atoms with E-state index in [0.29, 0.717) is 30.6 Å². The number of benzene rings is 2. The number of morpholine rings is 1. The number of thioether (sulfide) groups is 1. The molecule has 0 atom stereocenters. The van der Waals surface area contributed by atoms with Crippen LogP contribution in [0.25, 0.3) is 0 Å². The molecule has 2 fully saturated rings. The molecule has 2 aliphatic rings. The Hall–Kier alpha value is -2.67. The second-order valence-corrected chi connectivity index (χ2v) is 10.2. The van der Waals surface area contributed by atoms with Gasteiger partial charge in [-0.25, -0.2) is 12.8 Å². The third-order valence-corrected chi connectivity index (χ3v) is 7.87. The van der Waals surface area contributed by atoms with Gasteiger partial charge in [-0.05, 0) is 42.5 Å². The van der Waals surface area contributed by atoms with Crippen LogP contribution in [0.3, 0.4) is 0 Å². The van der Waals surface area contributed by atoms with Crippen LogP contribution in [0.4, 0.5) is 10.1 Å². The largest absolute Gasteiger partial charge is 0.455 e. The molecule has 0 aromatic heterocycles. The summed E-state index contributed by atoms with van der Waals surface area (Å²) in [5, 5.41) is 2.66. The molecule has 0 aliphatic carbocycles. The molecule has 2 aromatic carbocycles. The summed E-state index contributed by atoms with van der Waals surface area (Å²) in [6, 6.07) is 9.42. The first kappa shape index (κ1) is 23.5. The molecule has 2 saturated heterocycles. The summed E-state index contributed by atoms with van der Waals surface area (Å²) in [6.07, 6.45) is 0. The van der Waals surface area contributed by atoms with Gasteiger partial charge in [-0.1, -0.05) is 0 Å². The van der Waals surface area contributed by atoms with Gasteiger partial charge in [-0.2, -0.15) is 4.31 Å². The minimum absolute atomic E-state index is 0.0149. The van der Waals surface area contributed by atoms with Crippen LogP contribution in [-0.4, -0.2) is 73.9 Å². The highest BCUT2D eigenvalue weighted by Gasteiger charge is 2.28. The number of rotatable bonds is 7. The maximum absolute atomic E-state index is 13.2. The van der Waals surface area contributed by atoms with Crippen LogP contribution in [0.15, 0.2) is 47.4 Å². The van der Waals surface area contributed by atoms with E-state index < -0.39 is 21.7 Å². The van der Waals surface area contributed by atoms with E-state index in [-0.39, 0.29) is 41.9 Å². The Bertz CT molecular complexity index is 1140. The van der Waals surface area contributed by atoms with Gasteiger partial charge in [0.1, 0.15) is 18.1 Å². The molecule has 0 bridgehead atoms. The average Bonchev–Trinajstić information content (AvgIpc) is 3.21. The quantitative estimate of drug-likeness (QED) is 0.627. The Morgan fingerprint density at radius 3 is 2.55 bits per heavy atom. The van der Waals surface area contributed by atoms with E-state index in [4.69, 9.17) is 9.47 Å². The summed E-state index contributed by atoms with van der Waals surface area (Å²) < 4.78 is 51.7. The van der Waals surface area contributed by atoms with Gasteiger partial charge in [-0.3, -0.25) is 9.59 Å². The molecule has 1 N–H and O–H groups in total. The highest BCUT2D eigenvalue weighted by molar-refractivity contribution is 8.00. The van der Waals surface area contributed by atoms with E-state index in [9.17, 15) is 22.4 Å². The lowest BCUT2D eigenvalue weighted by molar-refractivity contribution is -0.130. The summed E-state index contributed by atoms with van der Waals surface area (Å²) in [5.74, 6) is 0.156. The van der Waals surface area contributed by atoms with Crippen LogP contribution in [0.1, 0.15) is 0 Å². The smallest absolute Gasteiger partial charge is 0.244 e. The van der Waals surface area contributed by atoms with Gasteiger partial charge in [0.25, 0.3) is 0 Å². The number of anilines is 1. The normalized spacial score (nSPS) is 17.2. The van der Waals surface area contributed by atoms with Gasteiger partial charge in [0.2, 0.25) is 21.8 Å². The third kappa shape index (κ3) is 5.64. The van der Waals surface area contributed by atoms with Crippen LogP contribution >= 0.6 is 11.8 Å². The molecular formula is C21H22FN3O6S2. The fourth-order valence-corrected chi connectivity index (χ4v) is 5.66. The molecular weight excluding hydrogens is 473 g/mol. The molecule has 12 heteroatoms. The SMILES string of the molecule is O=C(CN1CSCC1=O)Nc1cc(S(=O)(=O)N2CCOCC2)ccc1Oc1ccc(F)cc1. The molecule has 4 rings (SSSR count). The standard InChI is InChI=1S/C21H22FN3O6S2/c22-15-1-3-16(4-2-15)31-19-6-5-17(33(28,29)25-7-9-30-10-8-25)11-18(19)23-20(26)12-24-14-32-13-21(24)27/h1-6,11H,7-10,12-14H2,(H,23,26). The third-order valence-electron chi connectivity index (χ3n) is 5.03. The highest BCUT2D eigenvalue weighted by atomic mass is 32.2. The number of carbonyl (C=O) groups is 2. The summed E-state index contributed by atoms with van der Waals surface area (Å²) in [4.78, 5) is 25.9. The van der Waals surface area contributed by atoms with Gasteiger partial charge in [0, 0.05) is 13.1 Å². The number of carbonyl (C=O) groups excluding carboxylic acids is 2. The van der Waals surface area contributed by atoms with E-state index in [1.54, 1.807) is 0 Å². The van der Waals surface area contributed by atoms with Crippen LogP contribution < -0.4 is 10.1 Å². The van der Waals surface area contributed by atoms with Gasteiger partial charge in [0.15, 0.2) is 5.75 Å². The Balaban J connectivity index is 1.61. The first-order chi connectivity index (χ1) is 15.8. The summed E-state index contributed by atoms with van der Waals surface area (Å²) in [7, 11) is -3.82. The van der Waals surface area contributed by atoms with Crippen molar-refractivity contribution in [3.8, 4) is 11.5 Å². The van der Waals surface area contributed by atoms with Gasteiger partial charge in [0.05, 0.1) is 35.4 Å². The van der Waals surface area contributed by atoms with Crippen molar-refractivity contribution in [2.75, 3.05) is 49.8 Å². The van der Waals surface area contributed by atoms with Crippen LogP contribution in [0.2, 0.25) is 0 Å². The number of halogens is 1. The number of nitrogens with one attached hydrogen (secondary N) is 1. The lowest BCUT2D eigenvalue weighted by Gasteiger charge is -2.26. The molecule has 9 nitrogen and oxygen atoms in total. The Morgan fingerprint density at radius 2 is 1.88 bits per heavy atom. The van der Waals surface area contributed by atoms with Crippen molar-refractivity contribution in [2.45, 2.75) is 4.90 Å². The van der Waals surface area contributed by atoms with Gasteiger partial charge < -0.3 is 19.7 Å². The Labute approximate surface area is 194 Å². The molecule has 0 unspecified atom stereocenters. The molecule has 2 amide bonds. The average molecular weight is 496 g/mol. The lowest BCUT2D eigenvalue weighted by atomic mass is 10.2. The zero-order chi connectivity index (χ0) is 23.4. The number of hydrogen-bond acceptors (Lipinski definition) is 7. The van der Waals surface area contributed by atoms with Gasteiger partial charge in [-0.15, -0.1) is 11.8 Å². The molecule has 2 aliphatic heterocycles. The van der Waals surface area contributed by atoms with Crippen LogP contribution in [0, 0.1) is 5.82 Å². The summed E-state index contributed by atoms with van der Waals surface area (Å²) >= 11 is 1.41. The molecule has 2 aromatic rings. The Morgan fingerprint density at radius 1 is 1.15 bits per heavy atom. The van der Waals surface area contributed by atoms with Crippen molar-refractivity contribution in [3.63, 3.8) is 0 Å². The maximum atomic E-state index is 13.2. The Kier molecular flexibility index (Phi) is 7.17. The minimum Gasteiger partial charge on any atom is -0.455 e. The monoisotopic (exact) mass is 495 g/mol. The zero-order valence-electron chi connectivity index (χ0n) is 17.5. The molecule has 0 saturated carbocycles. The van der Waals surface area contributed by atoms with E-state index in [2.05, 4.69) is 5.32 Å². The van der Waals surface area contributed by atoms with Gasteiger partial charge >= 0.3 is 0 Å². The number of sulfonamides is 1. The van der Waals surface area contributed by atoms with E-state index in [1.807, 2.05) is 0 Å². The van der Waals surface area contributed by atoms with Crippen molar-refractivity contribution in [1.29, 1.82) is 0 Å². The molecule has 0 radical (unpaired) electrons. The first-order valence-corrected chi connectivity index (χ1v) is 12.7. The second kappa shape index (κ2) is 10.1. The van der Waals surface area contributed by atoms with Crippen molar-refractivity contribution < 1.29 is 31.9 Å². The molecule has 0 spiro atoms. The van der Waals surface area contributed by atoms with Crippen molar-refractivity contribution >= 4 is 39.3 Å². The second-order valence-electron chi connectivity index (χ2n) is 7.35. The summed E-state index contributed by atoms with van der Waals surface area (Å²) in [6.45, 7) is 0.897. The van der Waals surface area contributed by atoms with E-state index >= 15 is 0 Å². The fourth-order valence-electron chi connectivity index (χ4n) is 3.33. The first-order valence-electron chi connectivity index (χ1n) is 10.1. The number of nitrogens with zero attached hydrogens (tertiary/aromatic N) is 2. The van der Waals surface area contributed by atoms with Crippen molar-refractivity contribution in [3.05, 3.63) is 48.3 Å². The van der Waals surface area contributed by atoms with Crippen LogP contribution in [-0.2, 0) is 24.3 Å². The molecule has 2 heterocycles. The predicted molar refractivity (Wildman–Crippen MR) is 120 cm³/mol. The minimum atomic E-state index is -3.82. The fraction of sp³-hybridized carbons (Fsp3) is 0.333. The van der Waals surface area contributed by atoms with E-state index in [1.165, 1.54) is 63.4 Å². The van der Waals surface area contributed by atoms with Crippen LogP contribution in [0.5, 0.6) is 11.5 Å². The molecule has 33 heavy (non-hydrogen) atoms. The lowest BCUT2D eigenvalue weighted by Crippen LogP contribution is -2.40. The summed E-state index contributed by atoms with van der Waals surface area (Å²) in [5.41, 5.74) is 0.123. The highest BCUT2D eigenvalue weighted by Crippen LogP contribution is 2.33. The number of hydrogen-bond donors (Lipinski definition) is 1.